The van der Waals surface area contributed by atoms with Crippen LogP contribution in [0.5, 0.6) is 0 Å². The van der Waals surface area contributed by atoms with Gasteiger partial charge in [0, 0.05) is 19.8 Å². The van der Waals surface area contributed by atoms with Gasteiger partial charge in [-0.3, -0.25) is 4.79 Å². The highest BCUT2D eigenvalue weighted by Gasteiger charge is 2.33. The molecule has 0 aliphatic carbocycles. The summed E-state index contributed by atoms with van der Waals surface area (Å²) in [6, 6.07) is 5.88. The smallest absolute Gasteiger partial charge is 0.242 e. The second kappa shape index (κ2) is 5.98. The van der Waals surface area contributed by atoms with Gasteiger partial charge in [-0.1, -0.05) is 6.07 Å². The third-order valence-corrected chi connectivity index (χ3v) is 7.06. The van der Waals surface area contributed by atoms with Crippen molar-refractivity contribution < 1.29 is 21.6 Å². The first-order chi connectivity index (χ1) is 10.1. The van der Waals surface area contributed by atoms with E-state index in [-0.39, 0.29) is 16.4 Å². The molecule has 1 aromatic carbocycles. The average Bonchev–Trinajstić information content (AvgIpc) is 2.79. The Balaban J connectivity index is 2.16. The lowest BCUT2D eigenvalue weighted by Crippen LogP contribution is -2.24. The molecule has 2 rings (SSSR count). The number of benzene rings is 1. The SMILES string of the molecule is CN(C)S(=O)(=O)c1cccc(NC(=O)[C@H]2CCS(=O)(=O)C2)c1. The zero-order chi connectivity index (χ0) is 16.5. The Hall–Kier alpha value is -1.45. The number of anilines is 1. The minimum absolute atomic E-state index is 0.0140. The molecule has 0 radical (unpaired) electrons. The van der Waals surface area contributed by atoms with E-state index in [1.807, 2.05) is 0 Å². The monoisotopic (exact) mass is 346 g/mol. The number of sulfone groups is 1. The Labute approximate surface area is 130 Å². The number of carbonyl (C=O) groups is 1. The van der Waals surface area contributed by atoms with Crippen LogP contribution in [0.4, 0.5) is 5.69 Å². The topological polar surface area (TPSA) is 101 Å². The van der Waals surface area contributed by atoms with E-state index in [2.05, 4.69) is 5.32 Å². The van der Waals surface area contributed by atoms with E-state index >= 15 is 0 Å². The molecule has 1 atom stereocenters. The predicted molar refractivity (Wildman–Crippen MR) is 82.7 cm³/mol. The number of amides is 1. The molecular weight excluding hydrogens is 328 g/mol. The van der Waals surface area contributed by atoms with E-state index in [4.69, 9.17) is 0 Å². The number of rotatable bonds is 4. The Bertz CT molecular complexity index is 784. The first-order valence-corrected chi connectivity index (χ1v) is 9.92. The van der Waals surface area contributed by atoms with Gasteiger partial charge in [-0.05, 0) is 24.6 Å². The van der Waals surface area contributed by atoms with Gasteiger partial charge in [-0.2, -0.15) is 0 Å². The Morgan fingerprint density at radius 1 is 1.32 bits per heavy atom. The van der Waals surface area contributed by atoms with Crippen LogP contribution in [0.1, 0.15) is 6.42 Å². The fourth-order valence-electron chi connectivity index (χ4n) is 2.19. The average molecular weight is 346 g/mol. The van der Waals surface area contributed by atoms with Crippen molar-refractivity contribution >= 4 is 31.5 Å². The zero-order valence-corrected chi connectivity index (χ0v) is 13.9. The summed E-state index contributed by atoms with van der Waals surface area (Å²) in [5, 5.41) is 2.59. The molecule has 1 aliphatic rings. The molecule has 0 aromatic heterocycles. The van der Waals surface area contributed by atoms with Gasteiger partial charge in [0.2, 0.25) is 15.9 Å². The Morgan fingerprint density at radius 2 is 2.00 bits per heavy atom. The number of hydrogen-bond donors (Lipinski definition) is 1. The highest BCUT2D eigenvalue weighted by molar-refractivity contribution is 7.91. The minimum Gasteiger partial charge on any atom is -0.326 e. The van der Waals surface area contributed by atoms with Crippen molar-refractivity contribution in [3.05, 3.63) is 24.3 Å². The summed E-state index contributed by atoms with van der Waals surface area (Å²) in [5.74, 6) is -1.13. The number of nitrogens with zero attached hydrogens (tertiary/aromatic N) is 1. The molecular formula is C13H18N2O5S2. The maximum absolute atomic E-state index is 12.1. The van der Waals surface area contributed by atoms with Gasteiger partial charge in [0.1, 0.15) is 0 Å². The summed E-state index contributed by atoms with van der Waals surface area (Å²) in [4.78, 5) is 12.1. The summed E-state index contributed by atoms with van der Waals surface area (Å²) in [6.07, 6.45) is 0.295. The first kappa shape index (κ1) is 16.9. The van der Waals surface area contributed by atoms with Crippen LogP contribution < -0.4 is 5.32 Å². The molecule has 1 aliphatic heterocycles. The molecule has 1 heterocycles. The predicted octanol–water partition coefficient (Wildman–Crippen LogP) is 0.310. The molecule has 1 aromatic rings. The summed E-state index contributed by atoms with van der Waals surface area (Å²) in [7, 11) is -3.88. The summed E-state index contributed by atoms with van der Waals surface area (Å²) >= 11 is 0. The van der Waals surface area contributed by atoms with E-state index in [1.165, 1.54) is 32.3 Å². The quantitative estimate of drug-likeness (QED) is 0.846. The highest BCUT2D eigenvalue weighted by atomic mass is 32.2. The Kier molecular flexibility index (Phi) is 4.59. The van der Waals surface area contributed by atoms with E-state index in [0.717, 1.165) is 4.31 Å². The maximum atomic E-state index is 12.1. The molecule has 1 saturated heterocycles. The van der Waals surface area contributed by atoms with Crippen molar-refractivity contribution in [2.75, 3.05) is 30.9 Å². The van der Waals surface area contributed by atoms with Gasteiger partial charge in [-0.15, -0.1) is 0 Å². The third-order valence-electron chi connectivity index (χ3n) is 3.48. The normalized spacial score (nSPS) is 21.0. The fraction of sp³-hybridized carbons (Fsp3) is 0.462. The summed E-state index contributed by atoms with van der Waals surface area (Å²) in [6.45, 7) is 0. The molecule has 22 heavy (non-hydrogen) atoms. The summed E-state index contributed by atoms with van der Waals surface area (Å²) < 4.78 is 48.0. The lowest BCUT2D eigenvalue weighted by Gasteiger charge is -2.13. The third kappa shape index (κ3) is 3.65. The fourth-order valence-corrected chi connectivity index (χ4v) is 4.88. The van der Waals surface area contributed by atoms with E-state index in [9.17, 15) is 21.6 Å². The molecule has 1 amide bonds. The van der Waals surface area contributed by atoms with Crippen molar-refractivity contribution in [1.82, 2.24) is 4.31 Å². The standard InChI is InChI=1S/C13H18N2O5S2/c1-15(2)22(19,20)12-5-3-4-11(8-12)14-13(16)10-6-7-21(17,18)9-10/h3-5,8,10H,6-7,9H2,1-2H3,(H,14,16)/t10-/m0/s1. The van der Waals surface area contributed by atoms with Crippen molar-refractivity contribution in [1.29, 1.82) is 0 Å². The number of carbonyl (C=O) groups excluding carboxylic acids is 1. The van der Waals surface area contributed by atoms with Crippen LogP contribution in [0.15, 0.2) is 29.2 Å². The van der Waals surface area contributed by atoms with Crippen LogP contribution in [0.3, 0.4) is 0 Å². The van der Waals surface area contributed by atoms with Crippen molar-refractivity contribution in [3.8, 4) is 0 Å². The van der Waals surface area contributed by atoms with Crippen molar-refractivity contribution in [3.63, 3.8) is 0 Å². The van der Waals surface area contributed by atoms with Crippen LogP contribution in [-0.4, -0.2) is 52.6 Å². The molecule has 9 heteroatoms. The van der Waals surface area contributed by atoms with Crippen molar-refractivity contribution in [2.45, 2.75) is 11.3 Å². The molecule has 1 fully saturated rings. The molecule has 1 N–H and O–H groups in total. The number of sulfonamides is 1. The van der Waals surface area contributed by atoms with Crippen LogP contribution in [0, 0.1) is 5.92 Å². The van der Waals surface area contributed by atoms with Gasteiger partial charge in [0.05, 0.1) is 22.3 Å². The van der Waals surface area contributed by atoms with Gasteiger partial charge in [-0.25, -0.2) is 21.1 Å². The van der Waals surface area contributed by atoms with Gasteiger partial charge in [0.25, 0.3) is 0 Å². The minimum atomic E-state index is -3.59. The molecule has 122 valence electrons. The summed E-state index contributed by atoms with van der Waals surface area (Å²) in [5.41, 5.74) is 0.331. The van der Waals surface area contributed by atoms with Crippen molar-refractivity contribution in [2.24, 2.45) is 5.92 Å². The molecule has 0 unspecified atom stereocenters. The van der Waals surface area contributed by atoms with E-state index in [0.29, 0.717) is 12.1 Å². The van der Waals surface area contributed by atoms with Crippen LogP contribution >= 0.6 is 0 Å². The lowest BCUT2D eigenvalue weighted by atomic mass is 10.1. The van der Waals surface area contributed by atoms with E-state index < -0.39 is 31.7 Å². The largest absolute Gasteiger partial charge is 0.326 e. The first-order valence-electron chi connectivity index (χ1n) is 6.66. The molecule has 0 bridgehead atoms. The lowest BCUT2D eigenvalue weighted by molar-refractivity contribution is -0.119. The van der Waals surface area contributed by atoms with Crippen LogP contribution in [0.25, 0.3) is 0 Å². The maximum Gasteiger partial charge on any atom is 0.242 e. The molecule has 7 nitrogen and oxygen atoms in total. The highest BCUT2D eigenvalue weighted by Crippen LogP contribution is 2.22. The molecule has 0 saturated carbocycles. The van der Waals surface area contributed by atoms with Gasteiger partial charge in [0.15, 0.2) is 9.84 Å². The van der Waals surface area contributed by atoms with Gasteiger partial charge < -0.3 is 5.32 Å². The van der Waals surface area contributed by atoms with E-state index in [1.54, 1.807) is 6.07 Å². The van der Waals surface area contributed by atoms with Crippen LogP contribution in [-0.2, 0) is 24.7 Å². The second-order valence-electron chi connectivity index (χ2n) is 5.40. The van der Waals surface area contributed by atoms with Crippen LogP contribution in [0.2, 0.25) is 0 Å². The Morgan fingerprint density at radius 3 is 2.55 bits per heavy atom. The van der Waals surface area contributed by atoms with Gasteiger partial charge >= 0.3 is 0 Å². The molecule has 0 spiro atoms. The number of hydrogen-bond acceptors (Lipinski definition) is 5. The second-order valence-corrected chi connectivity index (χ2v) is 9.79. The zero-order valence-electron chi connectivity index (χ0n) is 12.3. The number of nitrogens with one attached hydrogen (secondary N) is 1.